The quantitative estimate of drug-likeness (QED) is 0.900. The van der Waals surface area contributed by atoms with Gasteiger partial charge in [0.05, 0.1) is 15.1 Å². The van der Waals surface area contributed by atoms with Crippen molar-refractivity contribution in [3.8, 4) is 0 Å². The van der Waals surface area contributed by atoms with Crippen molar-refractivity contribution in [2.45, 2.75) is 12.8 Å². The Labute approximate surface area is 108 Å². The lowest BCUT2D eigenvalue weighted by Crippen LogP contribution is -2.39. The molecule has 0 radical (unpaired) electrons. The largest absolute Gasteiger partial charge is 0.481 e. The molecule has 1 aliphatic rings. The van der Waals surface area contributed by atoms with Crippen LogP contribution in [0.25, 0.3) is 0 Å². The number of piperidine rings is 1. The molecule has 1 aromatic heterocycles. The van der Waals surface area contributed by atoms with Crippen LogP contribution in [0.1, 0.15) is 22.5 Å². The van der Waals surface area contributed by atoms with Crippen molar-refractivity contribution in [3.63, 3.8) is 0 Å². The van der Waals surface area contributed by atoms with Crippen LogP contribution in [0.15, 0.2) is 12.1 Å². The molecule has 6 heteroatoms. The van der Waals surface area contributed by atoms with Crippen LogP contribution in [0.4, 0.5) is 0 Å². The molecule has 1 aliphatic heterocycles. The van der Waals surface area contributed by atoms with Gasteiger partial charge in [0.25, 0.3) is 5.91 Å². The zero-order valence-electron chi connectivity index (χ0n) is 9.06. The first-order valence-electron chi connectivity index (χ1n) is 5.35. The number of halogens is 1. The number of likely N-dealkylation sites (tertiary alicyclic amines) is 1. The van der Waals surface area contributed by atoms with Crippen LogP contribution in [-0.2, 0) is 4.79 Å². The average Bonchev–Trinajstić information content (AvgIpc) is 2.75. The summed E-state index contributed by atoms with van der Waals surface area (Å²) in [6.45, 7) is 1.01. The summed E-state index contributed by atoms with van der Waals surface area (Å²) in [7, 11) is 0. The molecule has 1 saturated heterocycles. The summed E-state index contributed by atoms with van der Waals surface area (Å²) in [5.74, 6) is -1.13. The molecule has 0 spiro atoms. The molecule has 1 aromatic rings. The minimum absolute atomic E-state index is 0.0502. The van der Waals surface area contributed by atoms with E-state index in [1.54, 1.807) is 17.0 Å². The van der Waals surface area contributed by atoms with Crippen LogP contribution in [0, 0.1) is 5.92 Å². The second-order valence-electron chi connectivity index (χ2n) is 4.01. The first kappa shape index (κ1) is 12.4. The second kappa shape index (κ2) is 5.06. The molecule has 1 amide bonds. The number of hydrogen-bond donors (Lipinski definition) is 1. The standard InChI is InChI=1S/C11H12ClNO3S/c12-9-2-1-8(17-9)10(14)13-5-3-7(4-6-13)11(15)16/h1-2,7H,3-6H2,(H,15,16). The van der Waals surface area contributed by atoms with Crippen molar-refractivity contribution in [3.05, 3.63) is 21.3 Å². The van der Waals surface area contributed by atoms with Crippen LogP contribution < -0.4 is 0 Å². The average molecular weight is 274 g/mol. The molecule has 0 aromatic carbocycles. The molecule has 2 rings (SSSR count). The van der Waals surface area contributed by atoms with Gasteiger partial charge in [0.2, 0.25) is 0 Å². The van der Waals surface area contributed by atoms with E-state index in [1.807, 2.05) is 0 Å². The van der Waals surface area contributed by atoms with E-state index in [1.165, 1.54) is 11.3 Å². The third-order valence-corrected chi connectivity index (χ3v) is 4.13. The molecule has 17 heavy (non-hydrogen) atoms. The van der Waals surface area contributed by atoms with E-state index in [0.717, 1.165) is 0 Å². The van der Waals surface area contributed by atoms with Gasteiger partial charge in [-0.05, 0) is 25.0 Å². The fourth-order valence-electron chi connectivity index (χ4n) is 1.91. The predicted molar refractivity (Wildman–Crippen MR) is 65.6 cm³/mol. The van der Waals surface area contributed by atoms with E-state index in [-0.39, 0.29) is 11.8 Å². The number of carbonyl (C=O) groups excluding carboxylic acids is 1. The molecule has 1 N–H and O–H groups in total. The lowest BCUT2D eigenvalue weighted by Gasteiger charge is -2.29. The summed E-state index contributed by atoms with van der Waals surface area (Å²) in [4.78, 5) is 25.1. The normalized spacial score (nSPS) is 17.1. The Balaban J connectivity index is 1.97. The third-order valence-electron chi connectivity index (χ3n) is 2.92. The smallest absolute Gasteiger partial charge is 0.306 e. The lowest BCUT2D eigenvalue weighted by molar-refractivity contribution is -0.143. The highest BCUT2D eigenvalue weighted by molar-refractivity contribution is 7.17. The molecule has 0 unspecified atom stereocenters. The number of amides is 1. The van der Waals surface area contributed by atoms with Gasteiger partial charge in [-0.3, -0.25) is 9.59 Å². The Morgan fingerprint density at radius 2 is 2.00 bits per heavy atom. The summed E-state index contributed by atoms with van der Waals surface area (Å²) in [5, 5.41) is 8.86. The van der Waals surface area contributed by atoms with E-state index >= 15 is 0 Å². The van der Waals surface area contributed by atoms with Crippen LogP contribution in [-0.4, -0.2) is 35.0 Å². The molecule has 0 atom stereocenters. The molecule has 0 aliphatic carbocycles. The fourth-order valence-corrected chi connectivity index (χ4v) is 2.93. The Hall–Kier alpha value is -1.07. The molecule has 4 nitrogen and oxygen atoms in total. The zero-order chi connectivity index (χ0) is 12.4. The van der Waals surface area contributed by atoms with Gasteiger partial charge in [-0.2, -0.15) is 0 Å². The van der Waals surface area contributed by atoms with Crippen LogP contribution >= 0.6 is 22.9 Å². The maximum atomic E-state index is 12.0. The lowest BCUT2D eigenvalue weighted by atomic mass is 9.97. The highest BCUT2D eigenvalue weighted by atomic mass is 35.5. The summed E-state index contributed by atoms with van der Waals surface area (Å²) in [6.07, 6.45) is 1.06. The van der Waals surface area contributed by atoms with E-state index in [0.29, 0.717) is 35.1 Å². The highest BCUT2D eigenvalue weighted by Gasteiger charge is 2.27. The third kappa shape index (κ3) is 2.79. The number of carboxylic acids is 1. The van der Waals surface area contributed by atoms with E-state index in [2.05, 4.69) is 0 Å². The first-order valence-corrected chi connectivity index (χ1v) is 6.55. The number of aliphatic carboxylic acids is 1. The molecule has 92 valence electrons. The van der Waals surface area contributed by atoms with Crippen LogP contribution in [0.2, 0.25) is 4.34 Å². The zero-order valence-corrected chi connectivity index (χ0v) is 10.6. The van der Waals surface area contributed by atoms with Crippen molar-refractivity contribution < 1.29 is 14.7 Å². The Morgan fingerprint density at radius 1 is 1.35 bits per heavy atom. The van der Waals surface area contributed by atoms with E-state index in [9.17, 15) is 9.59 Å². The monoisotopic (exact) mass is 273 g/mol. The van der Waals surface area contributed by atoms with Crippen LogP contribution in [0.5, 0.6) is 0 Å². The van der Waals surface area contributed by atoms with Crippen molar-refractivity contribution >= 4 is 34.8 Å². The van der Waals surface area contributed by atoms with Crippen molar-refractivity contribution in [2.24, 2.45) is 5.92 Å². The number of nitrogens with zero attached hydrogens (tertiary/aromatic N) is 1. The minimum atomic E-state index is -0.767. The summed E-state index contributed by atoms with van der Waals surface area (Å²) < 4.78 is 0.591. The number of carboxylic acid groups (broad SMARTS) is 1. The first-order chi connectivity index (χ1) is 8.08. The number of carbonyl (C=O) groups is 2. The van der Waals surface area contributed by atoms with Gasteiger partial charge >= 0.3 is 5.97 Å². The van der Waals surface area contributed by atoms with Gasteiger partial charge in [0.15, 0.2) is 0 Å². The van der Waals surface area contributed by atoms with Crippen molar-refractivity contribution in [1.82, 2.24) is 4.90 Å². The number of rotatable bonds is 2. The molecule has 2 heterocycles. The maximum absolute atomic E-state index is 12.0. The SMILES string of the molecule is O=C(O)C1CCN(C(=O)c2ccc(Cl)s2)CC1. The predicted octanol–water partition coefficient (Wildman–Crippen LogP) is 2.34. The Morgan fingerprint density at radius 3 is 2.47 bits per heavy atom. The van der Waals surface area contributed by atoms with Gasteiger partial charge in [-0.25, -0.2) is 0 Å². The van der Waals surface area contributed by atoms with Crippen LogP contribution in [0.3, 0.4) is 0 Å². The van der Waals surface area contributed by atoms with Crippen molar-refractivity contribution in [1.29, 1.82) is 0 Å². The van der Waals surface area contributed by atoms with Gasteiger partial charge < -0.3 is 10.0 Å². The molecular weight excluding hydrogens is 262 g/mol. The van der Waals surface area contributed by atoms with E-state index in [4.69, 9.17) is 16.7 Å². The fraction of sp³-hybridized carbons (Fsp3) is 0.455. The van der Waals surface area contributed by atoms with Gasteiger partial charge in [0, 0.05) is 13.1 Å². The molecule has 0 saturated carbocycles. The topological polar surface area (TPSA) is 57.6 Å². The Kier molecular flexibility index (Phi) is 3.69. The minimum Gasteiger partial charge on any atom is -0.481 e. The number of hydrogen-bond acceptors (Lipinski definition) is 3. The maximum Gasteiger partial charge on any atom is 0.306 e. The van der Waals surface area contributed by atoms with Gasteiger partial charge in [0.1, 0.15) is 0 Å². The summed E-state index contributed by atoms with van der Waals surface area (Å²) >= 11 is 7.03. The van der Waals surface area contributed by atoms with Gasteiger partial charge in [-0.15, -0.1) is 11.3 Å². The van der Waals surface area contributed by atoms with E-state index < -0.39 is 5.97 Å². The van der Waals surface area contributed by atoms with Gasteiger partial charge in [-0.1, -0.05) is 11.6 Å². The molecule has 1 fully saturated rings. The molecule has 0 bridgehead atoms. The second-order valence-corrected chi connectivity index (χ2v) is 5.72. The van der Waals surface area contributed by atoms with Crippen molar-refractivity contribution in [2.75, 3.05) is 13.1 Å². The molecular formula is C11H12ClNO3S. The number of thiophene rings is 1. The Bertz CT molecular complexity index is 438. The summed E-state index contributed by atoms with van der Waals surface area (Å²) in [5.41, 5.74) is 0. The summed E-state index contributed by atoms with van der Waals surface area (Å²) in [6, 6.07) is 3.40. The highest BCUT2D eigenvalue weighted by Crippen LogP contribution is 2.25.